The van der Waals surface area contributed by atoms with Crippen molar-refractivity contribution in [1.29, 1.82) is 0 Å². The molecule has 3 nitrogen and oxygen atoms in total. The van der Waals surface area contributed by atoms with Crippen LogP contribution in [0.15, 0.2) is 29.4 Å². The highest BCUT2D eigenvalue weighted by molar-refractivity contribution is 5.29. The Balaban J connectivity index is 2.30. The van der Waals surface area contributed by atoms with Gasteiger partial charge in [0.15, 0.2) is 0 Å². The third kappa shape index (κ3) is 2.31. The molecular formula is C14H20O3. The van der Waals surface area contributed by atoms with Gasteiger partial charge in [0.2, 0.25) is 0 Å². The van der Waals surface area contributed by atoms with Crippen molar-refractivity contribution in [1.82, 2.24) is 0 Å². The molecule has 3 heteroatoms. The monoisotopic (exact) mass is 236 g/mol. The van der Waals surface area contributed by atoms with Crippen molar-refractivity contribution in [3.8, 4) is 0 Å². The highest BCUT2D eigenvalue weighted by Crippen LogP contribution is 2.43. The Hall–Kier alpha value is -1.06. The summed E-state index contributed by atoms with van der Waals surface area (Å²) < 4.78 is 16.3. The molecule has 94 valence electrons. The summed E-state index contributed by atoms with van der Waals surface area (Å²) >= 11 is 0. The van der Waals surface area contributed by atoms with Gasteiger partial charge in [0.05, 0.1) is 19.5 Å². The number of hydrogen-bond acceptors (Lipinski definition) is 3. The number of fused-ring (bicyclic) bond motifs is 1. The molecule has 0 N–H and O–H groups in total. The van der Waals surface area contributed by atoms with Crippen LogP contribution < -0.4 is 0 Å². The molecule has 0 radical (unpaired) electrons. The number of rotatable bonds is 5. The zero-order valence-electron chi connectivity index (χ0n) is 10.6. The van der Waals surface area contributed by atoms with E-state index in [9.17, 15) is 0 Å². The number of methoxy groups -OCH3 is 2. The molecule has 0 fully saturated rings. The summed E-state index contributed by atoms with van der Waals surface area (Å²) in [6.07, 6.45) is 5.64. The molecule has 0 spiro atoms. The van der Waals surface area contributed by atoms with Gasteiger partial charge in [0, 0.05) is 25.6 Å². The summed E-state index contributed by atoms with van der Waals surface area (Å²) in [5, 5.41) is 0. The molecule has 1 aliphatic rings. The lowest BCUT2D eigenvalue weighted by Crippen LogP contribution is -2.38. The second kappa shape index (κ2) is 5.07. The fourth-order valence-corrected chi connectivity index (χ4v) is 2.92. The van der Waals surface area contributed by atoms with E-state index < -0.39 is 0 Å². The lowest BCUT2D eigenvalue weighted by Gasteiger charge is -2.38. The standard InChI is InChI=1S/C14H20O3/c1-4-11-7-14(9-15-2,10-16-3)8-12-5-6-17-13(11)12/h4-6,11H,1,7-10H2,2-3H3. The average Bonchev–Trinajstić information content (AvgIpc) is 2.76. The minimum absolute atomic E-state index is 0.0409. The third-order valence-electron chi connectivity index (χ3n) is 3.52. The summed E-state index contributed by atoms with van der Waals surface area (Å²) in [7, 11) is 3.48. The van der Waals surface area contributed by atoms with E-state index in [1.54, 1.807) is 20.5 Å². The fraction of sp³-hybridized carbons (Fsp3) is 0.571. The minimum Gasteiger partial charge on any atom is -0.468 e. The summed E-state index contributed by atoms with van der Waals surface area (Å²) in [6, 6.07) is 2.05. The summed E-state index contributed by atoms with van der Waals surface area (Å²) in [4.78, 5) is 0. The Kier molecular flexibility index (Phi) is 3.69. The van der Waals surface area contributed by atoms with Crippen LogP contribution in [-0.2, 0) is 15.9 Å². The van der Waals surface area contributed by atoms with Crippen LogP contribution in [0.5, 0.6) is 0 Å². The van der Waals surface area contributed by atoms with Gasteiger partial charge < -0.3 is 13.9 Å². The van der Waals surface area contributed by atoms with Gasteiger partial charge in [-0.15, -0.1) is 6.58 Å². The smallest absolute Gasteiger partial charge is 0.113 e. The van der Waals surface area contributed by atoms with Crippen LogP contribution >= 0.6 is 0 Å². The largest absolute Gasteiger partial charge is 0.468 e. The Morgan fingerprint density at radius 2 is 2.18 bits per heavy atom. The topological polar surface area (TPSA) is 31.6 Å². The molecule has 1 atom stereocenters. The van der Waals surface area contributed by atoms with Crippen molar-refractivity contribution >= 4 is 0 Å². The second-order valence-electron chi connectivity index (χ2n) is 4.90. The molecule has 1 unspecified atom stereocenters. The maximum atomic E-state index is 5.56. The molecule has 1 aliphatic carbocycles. The lowest BCUT2D eigenvalue weighted by atomic mass is 9.70. The van der Waals surface area contributed by atoms with Crippen LogP contribution in [0, 0.1) is 5.41 Å². The van der Waals surface area contributed by atoms with Crippen molar-refractivity contribution < 1.29 is 13.9 Å². The van der Waals surface area contributed by atoms with Gasteiger partial charge in [-0.05, 0) is 24.5 Å². The van der Waals surface area contributed by atoms with E-state index in [4.69, 9.17) is 13.9 Å². The Morgan fingerprint density at radius 1 is 1.47 bits per heavy atom. The van der Waals surface area contributed by atoms with E-state index in [-0.39, 0.29) is 11.3 Å². The second-order valence-corrected chi connectivity index (χ2v) is 4.90. The van der Waals surface area contributed by atoms with Crippen LogP contribution in [0.25, 0.3) is 0 Å². The first-order chi connectivity index (χ1) is 8.24. The van der Waals surface area contributed by atoms with E-state index in [0.29, 0.717) is 13.2 Å². The van der Waals surface area contributed by atoms with Gasteiger partial charge in [0.25, 0.3) is 0 Å². The van der Waals surface area contributed by atoms with E-state index in [2.05, 4.69) is 6.58 Å². The molecule has 1 heterocycles. The van der Waals surface area contributed by atoms with Gasteiger partial charge in [-0.1, -0.05) is 6.08 Å². The molecular weight excluding hydrogens is 216 g/mol. The highest BCUT2D eigenvalue weighted by atomic mass is 16.5. The predicted octanol–water partition coefficient (Wildman–Crippen LogP) is 2.77. The van der Waals surface area contributed by atoms with Gasteiger partial charge in [-0.25, -0.2) is 0 Å². The summed E-state index contributed by atoms with van der Waals surface area (Å²) in [5.41, 5.74) is 1.30. The normalized spacial score (nSPS) is 22.1. The summed E-state index contributed by atoms with van der Waals surface area (Å²) in [5.74, 6) is 1.32. The number of allylic oxidation sites excluding steroid dienone is 1. The summed E-state index contributed by atoms with van der Waals surface area (Å²) in [6.45, 7) is 5.32. The van der Waals surface area contributed by atoms with Crippen molar-refractivity contribution in [2.24, 2.45) is 5.41 Å². The van der Waals surface area contributed by atoms with Crippen molar-refractivity contribution in [3.63, 3.8) is 0 Å². The third-order valence-corrected chi connectivity index (χ3v) is 3.52. The first-order valence-corrected chi connectivity index (χ1v) is 5.91. The van der Waals surface area contributed by atoms with E-state index in [1.807, 2.05) is 12.1 Å². The van der Waals surface area contributed by atoms with E-state index >= 15 is 0 Å². The first kappa shape index (κ1) is 12.4. The van der Waals surface area contributed by atoms with Crippen LogP contribution in [0.3, 0.4) is 0 Å². The zero-order chi connectivity index (χ0) is 12.3. The molecule has 0 amide bonds. The van der Waals surface area contributed by atoms with E-state index in [0.717, 1.165) is 18.6 Å². The van der Waals surface area contributed by atoms with E-state index in [1.165, 1.54) is 5.56 Å². The Morgan fingerprint density at radius 3 is 2.76 bits per heavy atom. The van der Waals surface area contributed by atoms with Gasteiger partial charge in [0.1, 0.15) is 5.76 Å². The molecule has 17 heavy (non-hydrogen) atoms. The number of ether oxygens (including phenoxy) is 2. The lowest BCUT2D eigenvalue weighted by molar-refractivity contribution is -0.00339. The molecule has 1 aromatic rings. The fourth-order valence-electron chi connectivity index (χ4n) is 2.92. The van der Waals surface area contributed by atoms with Gasteiger partial charge >= 0.3 is 0 Å². The van der Waals surface area contributed by atoms with Crippen LogP contribution in [-0.4, -0.2) is 27.4 Å². The average molecular weight is 236 g/mol. The Labute approximate surface area is 102 Å². The molecule has 0 saturated carbocycles. The molecule has 0 aliphatic heterocycles. The maximum Gasteiger partial charge on any atom is 0.113 e. The predicted molar refractivity (Wildman–Crippen MR) is 66.2 cm³/mol. The van der Waals surface area contributed by atoms with Crippen molar-refractivity contribution in [3.05, 3.63) is 36.3 Å². The number of furan rings is 1. The van der Waals surface area contributed by atoms with Crippen molar-refractivity contribution in [2.75, 3.05) is 27.4 Å². The SMILES string of the molecule is C=CC1CC(COC)(COC)Cc2ccoc21. The molecule has 0 saturated heterocycles. The van der Waals surface area contributed by atoms with Crippen LogP contribution in [0.2, 0.25) is 0 Å². The Bertz CT molecular complexity index is 375. The zero-order valence-corrected chi connectivity index (χ0v) is 10.6. The van der Waals surface area contributed by atoms with Gasteiger partial charge in [-0.3, -0.25) is 0 Å². The van der Waals surface area contributed by atoms with Crippen LogP contribution in [0.1, 0.15) is 23.7 Å². The number of hydrogen-bond donors (Lipinski definition) is 0. The maximum absolute atomic E-state index is 5.56. The van der Waals surface area contributed by atoms with Gasteiger partial charge in [-0.2, -0.15) is 0 Å². The molecule has 0 bridgehead atoms. The molecule has 1 aromatic heterocycles. The minimum atomic E-state index is 0.0409. The quantitative estimate of drug-likeness (QED) is 0.737. The molecule has 2 rings (SSSR count). The highest BCUT2D eigenvalue weighted by Gasteiger charge is 2.40. The molecule has 0 aromatic carbocycles. The first-order valence-electron chi connectivity index (χ1n) is 5.91. The van der Waals surface area contributed by atoms with Crippen LogP contribution in [0.4, 0.5) is 0 Å². The van der Waals surface area contributed by atoms with Crippen molar-refractivity contribution in [2.45, 2.75) is 18.8 Å².